The van der Waals surface area contributed by atoms with Crippen molar-refractivity contribution in [3.63, 3.8) is 0 Å². The molecule has 3 atom stereocenters. The predicted octanol–water partition coefficient (Wildman–Crippen LogP) is 4.17. The average Bonchev–Trinajstić information content (AvgIpc) is 2.94. The smallest absolute Gasteiger partial charge is 0.351 e. The van der Waals surface area contributed by atoms with Gasteiger partial charge in [-0.15, -0.1) is 0 Å². The van der Waals surface area contributed by atoms with Crippen molar-refractivity contribution in [2.24, 2.45) is 16.7 Å². The molecule has 2 saturated carbocycles. The molecule has 2 bridgehead atoms. The fourth-order valence-corrected chi connectivity index (χ4v) is 4.92. The highest BCUT2D eigenvalue weighted by molar-refractivity contribution is 5.94. The predicted molar refractivity (Wildman–Crippen MR) is 97.5 cm³/mol. The molecule has 2 aliphatic rings. The maximum absolute atomic E-state index is 12.7. The van der Waals surface area contributed by atoms with E-state index in [0.29, 0.717) is 22.6 Å². The molecule has 0 radical (unpaired) electrons. The standard InChI is InChI=1S/C21H24O5/c1-20(2)13-8-9-21(20,3)16(11-13)25-18(22)14-10-12-6-5-7-15(24-4)17(12)26-19(14)23/h5-7,10,13,16H,8-9,11H2,1-4H3/t13-,16-,21+/m1/s1. The van der Waals surface area contributed by atoms with Crippen LogP contribution < -0.4 is 10.4 Å². The Labute approximate surface area is 152 Å². The zero-order valence-corrected chi connectivity index (χ0v) is 15.6. The summed E-state index contributed by atoms with van der Waals surface area (Å²) in [6.07, 6.45) is 2.92. The van der Waals surface area contributed by atoms with Crippen LogP contribution in [-0.4, -0.2) is 19.2 Å². The van der Waals surface area contributed by atoms with E-state index in [9.17, 15) is 9.59 Å². The summed E-state index contributed by atoms with van der Waals surface area (Å²) in [4.78, 5) is 25.1. The SMILES string of the molecule is COc1cccc2cc(C(=O)O[C@@H]3C[C@H]4CC[C@]3(C)C4(C)C)c(=O)oc12. The minimum atomic E-state index is -0.695. The van der Waals surface area contributed by atoms with Gasteiger partial charge < -0.3 is 13.9 Å². The van der Waals surface area contributed by atoms with Gasteiger partial charge in [-0.25, -0.2) is 9.59 Å². The van der Waals surface area contributed by atoms with E-state index in [1.165, 1.54) is 19.6 Å². The van der Waals surface area contributed by atoms with Gasteiger partial charge in [0.15, 0.2) is 11.3 Å². The van der Waals surface area contributed by atoms with Gasteiger partial charge in [0.05, 0.1) is 7.11 Å². The highest BCUT2D eigenvalue weighted by Crippen LogP contribution is 2.66. The fraction of sp³-hybridized carbons (Fsp3) is 0.524. The Morgan fingerprint density at radius 3 is 2.65 bits per heavy atom. The molecule has 4 rings (SSSR count). The molecule has 5 nitrogen and oxygen atoms in total. The number of carbonyl (C=O) groups excluding carboxylic acids is 1. The van der Waals surface area contributed by atoms with Crippen molar-refractivity contribution in [3.8, 4) is 5.75 Å². The second kappa shape index (κ2) is 5.60. The second-order valence-corrected chi connectivity index (χ2v) is 8.33. The zero-order chi connectivity index (χ0) is 18.7. The van der Waals surface area contributed by atoms with Gasteiger partial charge in [0.2, 0.25) is 0 Å². The lowest BCUT2D eigenvalue weighted by Gasteiger charge is -2.38. The molecule has 0 spiro atoms. The van der Waals surface area contributed by atoms with Crippen LogP contribution in [0.1, 0.15) is 50.4 Å². The second-order valence-electron chi connectivity index (χ2n) is 8.33. The Bertz CT molecular complexity index is 941. The van der Waals surface area contributed by atoms with Crippen molar-refractivity contribution in [1.82, 2.24) is 0 Å². The first kappa shape index (κ1) is 17.1. The van der Waals surface area contributed by atoms with Crippen LogP contribution in [0.25, 0.3) is 11.0 Å². The number of ether oxygens (including phenoxy) is 2. The monoisotopic (exact) mass is 356 g/mol. The number of fused-ring (bicyclic) bond motifs is 3. The van der Waals surface area contributed by atoms with E-state index in [1.54, 1.807) is 18.2 Å². The molecule has 0 unspecified atom stereocenters. The van der Waals surface area contributed by atoms with Gasteiger partial charge in [-0.1, -0.05) is 32.9 Å². The number of hydrogen-bond acceptors (Lipinski definition) is 5. The zero-order valence-electron chi connectivity index (χ0n) is 15.6. The lowest BCUT2D eigenvalue weighted by molar-refractivity contribution is -0.0245. The van der Waals surface area contributed by atoms with E-state index in [1.807, 2.05) is 0 Å². The largest absolute Gasteiger partial charge is 0.493 e. The Morgan fingerprint density at radius 2 is 2.04 bits per heavy atom. The molecule has 138 valence electrons. The van der Waals surface area contributed by atoms with Gasteiger partial charge in [-0.2, -0.15) is 0 Å². The molecule has 1 aromatic carbocycles. The summed E-state index contributed by atoms with van der Waals surface area (Å²) in [5.74, 6) is 0.419. The average molecular weight is 356 g/mol. The quantitative estimate of drug-likeness (QED) is 0.610. The van der Waals surface area contributed by atoms with E-state index in [2.05, 4.69) is 20.8 Å². The number of carbonyl (C=O) groups is 1. The minimum Gasteiger partial charge on any atom is -0.493 e. The molecule has 0 N–H and O–H groups in total. The molecule has 2 fully saturated rings. The van der Waals surface area contributed by atoms with Gasteiger partial charge >= 0.3 is 11.6 Å². The number of para-hydroxylation sites is 1. The number of hydrogen-bond donors (Lipinski definition) is 0. The minimum absolute atomic E-state index is 0.0480. The lowest BCUT2D eigenvalue weighted by atomic mass is 9.70. The summed E-state index contributed by atoms with van der Waals surface area (Å²) in [5.41, 5.74) is -0.327. The number of methoxy groups -OCH3 is 1. The first-order valence-corrected chi connectivity index (χ1v) is 9.10. The van der Waals surface area contributed by atoms with Crippen LogP contribution >= 0.6 is 0 Å². The van der Waals surface area contributed by atoms with Crippen LogP contribution in [0, 0.1) is 16.7 Å². The molecule has 0 aliphatic heterocycles. The fourth-order valence-electron chi connectivity index (χ4n) is 4.92. The highest BCUT2D eigenvalue weighted by Gasteiger charge is 2.62. The van der Waals surface area contributed by atoms with Gasteiger partial charge in [-0.3, -0.25) is 0 Å². The molecule has 1 aromatic heterocycles. The molecular weight excluding hydrogens is 332 g/mol. The molecule has 5 heteroatoms. The lowest BCUT2D eigenvalue weighted by Crippen LogP contribution is -2.38. The summed E-state index contributed by atoms with van der Waals surface area (Å²) >= 11 is 0. The van der Waals surface area contributed by atoms with E-state index in [-0.39, 0.29) is 22.5 Å². The van der Waals surface area contributed by atoms with E-state index < -0.39 is 11.6 Å². The third kappa shape index (κ3) is 2.22. The van der Waals surface area contributed by atoms with Crippen molar-refractivity contribution in [3.05, 3.63) is 40.2 Å². The maximum atomic E-state index is 12.7. The van der Waals surface area contributed by atoms with E-state index in [0.717, 1.165) is 12.8 Å². The topological polar surface area (TPSA) is 65.7 Å². The molecule has 1 heterocycles. The normalized spacial score (nSPS) is 29.1. The third-order valence-corrected chi connectivity index (χ3v) is 7.13. The van der Waals surface area contributed by atoms with Crippen LogP contribution in [0.15, 0.2) is 33.5 Å². The van der Waals surface area contributed by atoms with Crippen LogP contribution in [0.5, 0.6) is 5.75 Å². The molecule has 26 heavy (non-hydrogen) atoms. The summed E-state index contributed by atoms with van der Waals surface area (Å²) in [6, 6.07) is 6.81. The summed E-state index contributed by atoms with van der Waals surface area (Å²) in [7, 11) is 1.51. The summed E-state index contributed by atoms with van der Waals surface area (Å²) < 4.78 is 16.4. The maximum Gasteiger partial charge on any atom is 0.351 e. The first-order valence-electron chi connectivity index (χ1n) is 9.10. The van der Waals surface area contributed by atoms with Crippen LogP contribution in [-0.2, 0) is 4.74 Å². The van der Waals surface area contributed by atoms with Crippen LogP contribution in [0.4, 0.5) is 0 Å². The molecule has 2 aliphatic carbocycles. The summed E-state index contributed by atoms with van der Waals surface area (Å²) in [6.45, 7) is 6.72. The van der Waals surface area contributed by atoms with E-state index >= 15 is 0 Å². The summed E-state index contributed by atoms with van der Waals surface area (Å²) in [5, 5.41) is 0.635. The Hall–Kier alpha value is -2.30. The Morgan fingerprint density at radius 1 is 1.27 bits per heavy atom. The Kier molecular flexibility index (Phi) is 3.69. The first-order chi connectivity index (χ1) is 12.3. The number of rotatable bonds is 3. The number of benzene rings is 1. The molecular formula is C21H24O5. The Balaban J connectivity index is 1.66. The van der Waals surface area contributed by atoms with Crippen LogP contribution in [0.2, 0.25) is 0 Å². The van der Waals surface area contributed by atoms with Crippen molar-refractivity contribution in [1.29, 1.82) is 0 Å². The van der Waals surface area contributed by atoms with Gasteiger partial charge in [0.1, 0.15) is 11.7 Å². The molecule has 2 aromatic rings. The van der Waals surface area contributed by atoms with Gasteiger partial charge in [0, 0.05) is 10.8 Å². The third-order valence-electron chi connectivity index (χ3n) is 7.13. The van der Waals surface area contributed by atoms with E-state index in [4.69, 9.17) is 13.9 Å². The van der Waals surface area contributed by atoms with Gasteiger partial charge in [0.25, 0.3) is 0 Å². The van der Waals surface area contributed by atoms with Crippen molar-refractivity contribution in [2.45, 2.75) is 46.1 Å². The van der Waals surface area contributed by atoms with Crippen molar-refractivity contribution < 1.29 is 18.7 Å². The molecule has 0 saturated heterocycles. The van der Waals surface area contributed by atoms with Crippen LogP contribution in [0.3, 0.4) is 0 Å². The number of esters is 1. The van der Waals surface area contributed by atoms with Gasteiger partial charge in [-0.05, 0) is 42.7 Å². The van der Waals surface area contributed by atoms with Crippen molar-refractivity contribution >= 4 is 16.9 Å². The van der Waals surface area contributed by atoms with Crippen molar-refractivity contribution in [2.75, 3.05) is 7.11 Å². The highest BCUT2D eigenvalue weighted by atomic mass is 16.5. The molecule has 0 amide bonds.